The van der Waals surface area contributed by atoms with E-state index in [1.54, 1.807) is 25.2 Å². The van der Waals surface area contributed by atoms with Crippen LogP contribution < -0.4 is 20.7 Å². The molecular weight excluding hydrogens is 438 g/mol. The van der Waals surface area contributed by atoms with Gasteiger partial charge in [0.05, 0.1) is 6.54 Å². The molecule has 0 spiro atoms. The summed E-state index contributed by atoms with van der Waals surface area (Å²) in [4.78, 5) is 15.6. The number of guanidine groups is 1. The van der Waals surface area contributed by atoms with Crippen LogP contribution in [0.15, 0.2) is 29.3 Å². The van der Waals surface area contributed by atoms with Crippen molar-refractivity contribution in [3.8, 4) is 5.75 Å². The Morgan fingerprint density at radius 2 is 1.96 bits per heavy atom. The summed E-state index contributed by atoms with van der Waals surface area (Å²) in [6.07, 6.45) is 1.78. The van der Waals surface area contributed by atoms with Crippen LogP contribution in [0, 0.1) is 11.7 Å². The maximum absolute atomic E-state index is 13.5. The maximum atomic E-state index is 13.5. The number of nitrogens with zero attached hydrogens (tertiary/aromatic N) is 1. The molecule has 3 N–H and O–H groups in total. The van der Waals surface area contributed by atoms with Gasteiger partial charge in [-0.15, -0.1) is 24.0 Å². The quantitative estimate of drug-likeness (QED) is 0.238. The molecule has 1 saturated carbocycles. The third-order valence-corrected chi connectivity index (χ3v) is 3.61. The van der Waals surface area contributed by atoms with Crippen LogP contribution in [0.25, 0.3) is 0 Å². The minimum absolute atomic E-state index is 0. The zero-order valence-corrected chi connectivity index (χ0v) is 16.9. The number of aliphatic imine (C=N–C) groups is 1. The maximum Gasteiger partial charge on any atom is 0.223 e. The number of amides is 1. The number of carbonyl (C=O) groups excluding carboxylic acids is 1. The second-order valence-corrected chi connectivity index (χ2v) is 5.80. The fourth-order valence-electron chi connectivity index (χ4n) is 2.12. The Kier molecular flexibility index (Phi) is 9.54. The predicted octanol–water partition coefficient (Wildman–Crippen LogP) is 1.90. The Labute approximate surface area is 165 Å². The van der Waals surface area contributed by atoms with E-state index in [1.165, 1.54) is 6.07 Å². The van der Waals surface area contributed by atoms with Crippen LogP contribution in [0.1, 0.15) is 19.8 Å². The summed E-state index contributed by atoms with van der Waals surface area (Å²) < 4.78 is 19.1. The first-order valence-corrected chi connectivity index (χ1v) is 8.23. The van der Waals surface area contributed by atoms with Crippen molar-refractivity contribution in [2.45, 2.75) is 25.9 Å². The topological polar surface area (TPSA) is 74.8 Å². The second kappa shape index (κ2) is 11.1. The van der Waals surface area contributed by atoms with Gasteiger partial charge in [0.1, 0.15) is 6.10 Å². The van der Waals surface area contributed by atoms with Crippen molar-refractivity contribution in [2.75, 3.05) is 26.7 Å². The molecular formula is C17H26FIN4O2. The summed E-state index contributed by atoms with van der Waals surface area (Å²) in [5.41, 5.74) is 0. The lowest BCUT2D eigenvalue weighted by Crippen LogP contribution is -2.44. The summed E-state index contributed by atoms with van der Waals surface area (Å²) in [5.74, 6) is 0.820. The average Bonchev–Trinajstić information content (AvgIpc) is 3.41. The molecule has 1 aromatic carbocycles. The van der Waals surface area contributed by atoms with Gasteiger partial charge in [-0.25, -0.2) is 4.39 Å². The molecule has 1 atom stereocenters. The van der Waals surface area contributed by atoms with Crippen LogP contribution in [0.5, 0.6) is 5.75 Å². The van der Waals surface area contributed by atoms with Crippen LogP contribution in [0.2, 0.25) is 0 Å². The standard InChI is InChI=1S/C17H25FN4O2.HI/c1-12(24-15-6-4-3-5-14(15)18)11-22-17(19-2)21-10-9-20-16(23)13-7-8-13;/h3-6,12-13H,7-11H2,1-2H3,(H,20,23)(H2,19,21,22);1H. The molecule has 1 aromatic rings. The average molecular weight is 464 g/mol. The number of halogens is 2. The first kappa shape index (κ1) is 21.5. The van der Waals surface area contributed by atoms with Gasteiger partial charge in [0, 0.05) is 26.1 Å². The minimum atomic E-state index is -0.377. The predicted molar refractivity (Wildman–Crippen MR) is 107 cm³/mol. The summed E-state index contributed by atoms with van der Waals surface area (Å²) in [6.45, 7) is 3.46. The van der Waals surface area contributed by atoms with Crippen molar-refractivity contribution in [2.24, 2.45) is 10.9 Å². The van der Waals surface area contributed by atoms with E-state index in [4.69, 9.17) is 4.74 Å². The van der Waals surface area contributed by atoms with E-state index in [0.717, 1.165) is 12.8 Å². The van der Waals surface area contributed by atoms with E-state index in [0.29, 0.717) is 25.6 Å². The molecule has 1 amide bonds. The highest BCUT2D eigenvalue weighted by Gasteiger charge is 2.28. The van der Waals surface area contributed by atoms with Gasteiger partial charge in [0.25, 0.3) is 0 Å². The summed E-state index contributed by atoms with van der Waals surface area (Å²) in [7, 11) is 1.67. The number of para-hydroxylation sites is 1. The number of nitrogens with one attached hydrogen (secondary N) is 3. The SMILES string of the molecule is CN=C(NCCNC(=O)C1CC1)NCC(C)Oc1ccccc1F.I. The lowest BCUT2D eigenvalue weighted by atomic mass is 10.3. The molecule has 1 fully saturated rings. The van der Waals surface area contributed by atoms with E-state index < -0.39 is 0 Å². The molecule has 140 valence electrons. The molecule has 0 radical (unpaired) electrons. The third kappa shape index (κ3) is 7.89. The van der Waals surface area contributed by atoms with E-state index in [1.807, 2.05) is 6.92 Å². The summed E-state index contributed by atoms with van der Waals surface area (Å²) >= 11 is 0. The lowest BCUT2D eigenvalue weighted by molar-refractivity contribution is -0.122. The molecule has 0 bridgehead atoms. The Balaban J connectivity index is 0.00000312. The van der Waals surface area contributed by atoms with Crippen molar-refractivity contribution in [3.05, 3.63) is 30.1 Å². The molecule has 0 aromatic heterocycles. The number of carbonyl (C=O) groups is 1. The summed E-state index contributed by atoms with van der Waals surface area (Å²) in [5, 5.41) is 9.10. The van der Waals surface area contributed by atoms with Crippen molar-refractivity contribution in [1.82, 2.24) is 16.0 Å². The van der Waals surface area contributed by atoms with Gasteiger partial charge in [-0.2, -0.15) is 0 Å². The van der Waals surface area contributed by atoms with Crippen LogP contribution in [0.4, 0.5) is 4.39 Å². The highest BCUT2D eigenvalue weighted by molar-refractivity contribution is 14.0. The van der Waals surface area contributed by atoms with Crippen molar-refractivity contribution in [3.63, 3.8) is 0 Å². The molecule has 1 unspecified atom stereocenters. The van der Waals surface area contributed by atoms with Crippen LogP contribution in [-0.2, 0) is 4.79 Å². The Morgan fingerprint density at radius 3 is 2.60 bits per heavy atom. The fraction of sp³-hybridized carbons (Fsp3) is 0.529. The number of ether oxygens (including phenoxy) is 1. The van der Waals surface area contributed by atoms with Gasteiger partial charge >= 0.3 is 0 Å². The molecule has 6 nitrogen and oxygen atoms in total. The monoisotopic (exact) mass is 464 g/mol. The van der Waals surface area contributed by atoms with Gasteiger partial charge in [0.2, 0.25) is 5.91 Å². The van der Waals surface area contributed by atoms with Gasteiger partial charge < -0.3 is 20.7 Å². The first-order chi connectivity index (χ1) is 11.6. The number of hydrogen-bond acceptors (Lipinski definition) is 3. The number of hydrogen-bond donors (Lipinski definition) is 3. The van der Waals surface area contributed by atoms with Crippen LogP contribution in [-0.4, -0.2) is 44.7 Å². The Hall–Kier alpha value is -1.58. The smallest absolute Gasteiger partial charge is 0.223 e. The molecule has 2 rings (SSSR count). The fourth-order valence-corrected chi connectivity index (χ4v) is 2.12. The highest BCUT2D eigenvalue weighted by atomic mass is 127. The van der Waals surface area contributed by atoms with E-state index >= 15 is 0 Å². The van der Waals surface area contributed by atoms with Gasteiger partial charge in [0.15, 0.2) is 17.5 Å². The van der Waals surface area contributed by atoms with E-state index in [9.17, 15) is 9.18 Å². The van der Waals surface area contributed by atoms with Gasteiger partial charge in [-0.3, -0.25) is 9.79 Å². The molecule has 1 aliphatic rings. The molecule has 8 heteroatoms. The molecule has 1 aliphatic carbocycles. The molecule has 0 aliphatic heterocycles. The molecule has 0 saturated heterocycles. The van der Waals surface area contributed by atoms with Gasteiger partial charge in [-0.1, -0.05) is 12.1 Å². The minimum Gasteiger partial charge on any atom is -0.486 e. The summed E-state index contributed by atoms with van der Waals surface area (Å²) in [6, 6.07) is 6.32. The molecule has 25 heavy (non-hydrogen) atoms. The Bertz CT molecular complexity index is 582. The van der Waals surface area contributed by atoms with Crippen LogP contribution >= 0.6 is 24.0 Å². The van der Waals surface area contributed by atoms with Crippen LogP contribution in [0.3, 0.4) is 0 Å². The van der Waals surface area contributed by atoms with E-state index in [-0.39, 0.29) is 53.5 Å². The normalized spacial score (nSPS) is 14.9. The lowest BCUT2D eigenvalue weighted by Gasteiger charge is -2.18. The highest BCUT2D eigenvalue weighted by Crippen LogP contribution is 2.28. The molecule has 0 heterocycles. The Morgan fingerprint density at radius 1 is 1.28 bits per heavy atom. The number of rotatable bonds is 8. The van der Waals surface area contributed by atoms with Crippen molar-refractivity contribution >= 4 is 35.8 Å². The number of benzene rings is 1. The van der Waals surface area contributed by atoms with E-state index in [2.05, 4.69) is 20.9 Å². The van der Waals surface area contributed by atoms with Crippen molar-refractivity contribution in [1.29, 1.82) is 0 Å². The second-order valence-electron chi connectivity index (χ2n) is 5.80. The third-order valence-electron chi connectivity index (χ3n) is 3.61. The van der Waals surface area contributed by atoms with Gasteiger partial charge in [-0.05, 0) is 31.9 Å². The first-order valence-electron chi connectivity index (χ1n) is 8.23. The van der Waals surface area contributed by atoms with Crippen molar-refractivity contribution < 1.29 is 13.9 Å². The largest absolute Gasteiger partial charge is 0.486 e. The zero-order valence-electron chi connectivity index (χ0n) is 14.5. The zero-order chi connectivity index (χ0) is 17.4.